The molecule has 0 amide bonds. The minimum atomic E-state index is 0.946. The fourth-order valence-electron chi connectivity index (χ4n) is 3.00. The van der Waals surface area contributed by atoms with Gasteiger partial charge in [-0.15, -0.1) is 0 Å². The lowest BCUT2D eigenvalue weighted by Crippen LogP contribution is -2.54. The standard InChI is InChI=1S/C14H30N2O2/c1-15(7-11-17-12-8-15)5-3-4-6-16(2)9-13-18-14-10-16/h3-14H2,1-2H3/q+2. The Morgan fingerprint density at radius 1 is 0.667 bits per heavy atom. The summed E-state index contributed by atoms with van der Waals surface area (Å²) < 4.78 is 13.3. The van der Waals surface area contributed by atoms with Crippen LogP contribution in [0.15, 0.2) is 0 Å². The lowest BCUT2D eigenvalue weighted by Gasteiger charge is -2.39. The monoisotopic (exact) mass is 258 g/mol. The zero-order valence-corrected chi connectivity index (χ0v) is 12.2. The lowest BCUT2D eigenvalue weighted by atomic mass is 10.2. The van der Waals surface area contributed by atoms with Gasteiger partial charge in [0.25, 0.3) is 0 Å². The van der Waals surface area contributed by atoms with Gasteiger partial charge in [0.2, 0.25) is 0 Å². The van der Waals surface area contributed by atoms with Gasteiger partial charge in [-0.05, 0) is 0 Å². The first-order chi connectivity index (χ1) is 8.62. The largest absolute Gasteiger partial charge is 0.370 e. The van der Waals surface area contributed by atoms with Crippen LogP contribution in [0.1, 0.15) is 12.8 Å². The van der Waals surface area contributed by atoms with E-state index in [0.29, 0.717) is 0 Å². The van der Waals surface area contributed by atoms with Crippen molar-refractivity contribution >= 4 is 0 Å². The molecule has 0 bridgehead atoms. The van der Waals surface area contributed by atoms with E-state index in [2.05, 4.69) is 14.1 Å². The topological polar surface area (TPSA) is 18.5 Å². The first-order valence-electron chi connectivity index (χ1n) is 7.45. The predicted molar refractivity (Wildman–Crippen MR) is 72.4 cm³/mol. The third kappa shape index (κ3) is 4.19. The van der Waals surface area contributed by atoms with Crippen LogP contribution in [0.4, 0.5) is 0 Å². The van der Waals surface area contributed by atoms with Gasteiger partial charge in [0, 0.05) is 12.8 Å². The quantitative estimate of drug-likeness (QED) is 0.534. The van der Waals surface area contributed by atoms with Crippen molar-refractivity contribution in [1.29, 1.82) is 0 Å². The summed E-state index contributed by atoms with van der Waals surface area (Å²) in [4.78, 5) is 0. The van der Waals surface area contributed by atoms with Crippen molar-refractivity contribution in [2.75, 3.05) is 79.8 Å². The van der Waals surface area contributed by atoms with E-state index >= 15 is 0 Å². The maximum absolute atomic E-state index is 5.45. The second-order valence-corrected chi connectivity index (χ2v) is 6.51. The number of quaternary nitrogens is 2. The molecule has 0 spiro atoms. The molecule has 2 fully saturated rings. The Balaban J connectivity index is 1.63. The van der Waals surface area contributed by atoms with Gasteiger partial charge >= 0.3 is 0 Å². The van der Waals surface area contributed by atoms with Crippen LogP contribution >= 0.6 is 0 Å². The van der Waals surface area contributed by atoms with Gasteiger partial charge in [-0.3, -0.25) is 0 Å². The predicted octanol–water partition coefficient (Wildman–Crippen LogP) is 0.720. The van der Waals surface area contributed by atoms with Crippen LogP contribution in [0, 0.1) is 0 Å². The van der Waals surface area contributed by atoms with Crippen molar-refractivity contribution in [3.63, 3.8) is 0 Å². The van der Waals surface area contributed by atoms with Gasteiger partial charge in [0.15, 0.2) is 0 Å². The van der Waals surface area contributed by atoms with Crippen molar-refractivity contribution in [3.05, 3.63) is 0 Å². The highest BCUT2D eigenvalue weighted by Gasteiger charge is 2.27. The number of unbranched alkanes of at least 4 members (excludes halogenated alkanes) is 1. The number of morpholine rings is 2. The second-order valence-electron chi connectivity index (χ2n) is 6.51. The molecule has 0 unspecified atom stereocenters. The van der Waals surface area contributed by atoms with E-state index in [0.717, 1.165) is 26.4 Å². The zero-order valence-electron chi connectivity index (χ0n) is 12.2. The third-order valence-corrected chi connectivity index (χ3v) is 4.75. The van der Waals surface area contributed by atoms with Crippen molar-refractivity contribution in [2.24, 2.45) is 0 Å². The summed E-state index contributed by atoms with van der Waals surface area (Å²) in [6.45, 7) is 11.2. The molecular weight excluding hydrogens is 228 g/mol. The summed E-state index contributed by atoms with van der Waals surface area (Å²) in [6, 6.07) is 0. The number of likely N-dealkylation sites (N-methyl/N-ethyl adjacent to an activating group) is 2. The number of ether oxygens (including phenoxy) is 2. The summed E-state index contributed by atoms with van der Waals surface area (Å²) in [5, 5.41) is 0. The lowest BCUT2D eigenvalue weighted by molar-refractivity contribution is -0.923. The van der Waals surface area contributed by atoms with Crippen molar-refractivity contribution in [2.45, 2.75) is 12.8 Å². The molecule has 0 N–H and O–H groups in total. The Labute approximate surface area is 112 Å². The molecule has 2 aliphatic rings. The molecule has 0 aliphatic carbocycles. The van der Waals surface area contributed by atoms with Gasteiger partial charge in [-0.1, -0.05) is 0 Å². The van der Waals surface area contributed by atoms with E-state index in [1.807, 2.05) is 0 Å². The Bertz CT molecular complexity index is 220. The molecule has 2 rings (SSSR count). The van der Waals surface area contributed by atoms with E-state index in [4.69, 9.17) is 9.47 Å². The molecule has 0 radical (unpaired) electrons. The highest BCUT2D eigenvalue weighted by Crippen LogP contribution is 2.13. The van der Waals surface area contributed by atoms with Gasteiger partial charge in [-0.2, -0.15) is 0 Å². The summed E-state index contributed by atoms with van der Waals surface area (Å²) in [6.07, 6.45) is 2.70. The van der Waals surface area contributed by atoms with Crippen molar-refractivity contribution < 1.29 is 18.4 Å². The molecular formula is C14H30N2O2+2. The van der Waals surface area contributed by atoms with Crippen LogP contribution in [0.5, 0.6) is 0 Å². The molecule has 4 heteroatoms. The molecule has 0 aromatic rings. The zero-order chi connectivity index (χ0) is 12.9. The van der Waals surface area contributed by atoms with E-state index in [1.165, 1.54) is 61.1 Å². The number of nitrogens with zero attached hydrogens (tertiary/aromatic N) is 2. The van der Waals surface area contributed by atoms with E-state index in [1.54, 1.807) is 0 Å². The van der Waals surface area contributed by atoms with Gasteiger partial charge in [0.05, 0.1) is 53.6 Å². The maximum atomic E-state index is 5.45. The van der Waals surface area contributed by atoms with Crippen molar-refractivity contribution in [3.8, 4) is 0 Å². The Morgan fingerprint density at radius 3 is 1.33 bits per heavy atom. The molecule has 0 atom stereocenters. The highest BCUT2D eigenvalue weighted by molar-refractivity contribution is 4.51. The van der Waals surface area contributed by atoms with Crippen LogP contribution in [0.3, 0.4) is 0 Å². The van der Waals surface area contributed by atoms with Crippen LogP contribution in [-0.4, -0.2) is 88.8 Å². The smallest absolute Gasteiger partial charge is 0.102 e. The molecule has 2 heterocycles. The molecule has 18 heavy (non-hydrogen) atoms. The average Bonchev–Trinajstić information content (AvgIpc) is 2.37. The minimum absolute atomic E-state index is 0.946. The number of hydrogen-bond acceptors (Lipinski definition) is 2. The minimum Gasteiger partial charge on any atom is -0.370 e. The normalized spacial score (nSPS) is 27.0. The van der Waals surface area contributed by atoms with Crippen LogP contribution in [0.2, 0.25) is 0 Å². The molecule has 2 saturated heterocycles. The van der Waals surface area contributed by atoms with Crippen molar-refractivity contribution in [1.82, 2.24) is 0 Å². The molecule has 0 saturated carbocycles. The van der Waals surface area contributed by atoms with Gasteiger partial charge < -0.3 is 18.4 Å². The number of hydrogen-bond donors (Lipinski definition) is 0. The summed E-state index contributed by atoms with van der Waals surface area (Å²) in [7, 11) is 4.76. The summed E-state index contributed by atoms with van der Waals surface area (Å²) in [5.41, 5.74) is 0. The van der Waals surface area contributed by atoms with Gasteiger partial charge in [-0.25, -0.2) is 0 Å². The average molecular weight is 258 g/mol. The van der Waals surface area contributed by atoms with Gasteiger partial charge in [0.1, 0.15) is 26.2 Å². The fourth-order valence-corrected chi connectivity index (χ4v) is 3.00. The van der Waals surface area contributed by atoms with E-state index < -0.39 is 0 Å². The number of rotatable bonds is 5. The van der Waals surface area contributed by atoms with E-state index in [9.17, 15) is 0 Å². The molecule has 0 aromatic heterocycles. The molecule has 2 aliphatic heterocycles. The van der Waals surface area contributed by atoms with Crippen LogP contribution in [-0.2, 0) is 9.47 Å². The Morgan fingerprint density at radius 2 is 1.00 bits per heavy atom. The molecule has 0 aromatic carbocycles. The highest BCUT2D eigenvalue weighted by atomic mass is 16.5. The summed E-state index contributed by atoms with van der Waals surface area (Å²) >= 11 is 0. The first kappa shape index (κ1) is 14.3. The third-order valence-electron chi connectivity index (χ3n) is 4.75. The Hall–Kier alpha value is -0.160. The summed E-state index contributed by atoms with van der Waals surface area (Å²) in [5.74, 6) is 0. The first-order valence-corrected chi connectivity index (χ1v) is 7.45. The Kier molecular flexibility index (Phi) is 5.01. The van der Waals surface area contributed by atoms with E-state index in [-0.39, 0.29) is 0 Å². The SMILES string of the molecule is C[N+]1(CCCC[N+]2(C)CCOCC2)CCOCC1. The van der Waals surface area contributed by atoms with Crippen LogP contribution in [0.25, 0.3) is 0 Å². The molecule has 106 valence electrons. The van der Waals surface area contributed by atoms with Crippen LogP contribution < -0.4 is 0 Å². The maximum Gasteiger partial charge on any atom is 0.102 e. The molecule has 4 nitrogen and oxygen atoms in total. The second kappa shape index (κ2) is 6.33. The fraction of sp³-hybridized carbons (Fsp3) is 1.00.